The van der Waals surface area contributed by atoms with Crippen molar-refractivity contribution in [2.24, 2.45) is 34.5 Å². The van der Waals surface area contributed by atoms with Crippen LogP contribution in [0, 0.1) is 34.5 Å². The van der Waals surface area contributed by atoms with Gasteiger partial charge in [-0.05, 0) is 92.3 Å². The summed E-state index contributed by atoms with van der Waals surface area (Å²) in [5.41, 5.74) is 1.05. The monoisotopic (exact) mass is 377 g/mol. The molecule has 0 amide bonds. The molecule has 0 unspecified atom stereocenters. The minimum absolute atomic E-state index is 0.245. The predicted octanol–water partition coefficient (Wildman–Crippen LogP) is 4.46. The number of hydrogen-bond acceptors (Lipinski definition) is 3. The van der Waals surface area contributed by atoms with Gasteiger partial charge in [0.1, 0.15) is 0 Å². The molecule has 0 saturated heterocycles. The lowest BCUT2D eigenvalue weighted by atomic mass is 9.45. The maximum atomic E-state index is 9.62. The van der Waals surface area contributed by atoms with E-state index in [0.29, 0.717) is 16.9 Å². The number of rotatable bonds is 6. The van der Waals surface area contributed by atoms with Crippen LogP contribution in [0.1, 0.15) is 84.5 Å². The van der Waals surface area contributed by atoms with Gasteiger partial charge >= 0.3 is 0 Å². The lowest BCUT2D eigenvalue weighted by molar-refractivity contribution is -0.115. The summed E-state index contributed by atoms with van der Waals surface area (Å²) in [5.74, 6) is 3.81. The third-order valence-electron chi connectivity index (χ3n) is 9.96. The topological polar surface area (TPSA) is 43.7 Å². The molecular formula is C24H43NO2. The molecule has 0 radical (unpaired) electrons. The summed E-state index contributed by atoms with van der Waals surface area (Å²) in [6, 6.07) is 0.610. The van der Waals surface area contributed by atoms with Crippen molar-refractivity contribution in [3.05, 3.63) is 0 Å². The fraction of sp³-hybridized carbons (Fsp3) is 1.00. The van der Waals surface area contributed by atoms with Crippen molar-refractivity contribution in [1.29, 1.82) is 0 Å². The zero-order valence-electron chi connectivity index (χ0n) is 17.8. The molecule has 0 bridgehead atoms. The molecule has 156 valence electrons. The number of aliphatic hydroxyl groups excluding tert-OH is 2. The molecular weight excluding hydrogens is 334 g/mol. The van der Waals surface area contributed by atoms with Crippen LogP contribution in [0.3, 0.4) is 0 Å². The van der Waals surface area contributed by atoms with Gasteiger partial charge in [-0.2, -0.15) is 0 Å². The Hall–Kier alpha value is -0.120. The van der Waals surface area contributed by atoms with Crippen molar-refractivity contribution in [3.63, 3.8) is 0 Å². The van der Waals surface area contributed by atoms with Gasteiger partial charge in [0.25, 0.3) is 0 Å². The molecule has 3 heteroatoms. The summed E-state index contributed by atoms with van der Waals surface area (Å²) < 4.78 is 0. The van der Waals surface area contributed by atoms with Gasteiger partial charge in [-0.1, -0.05) is 26.7 Å². The Morgan fingerprint density at radius 1 is 0.778 bits per heavy atom. The van der Waals surface area contributed by atoms with Crippen molar-refractivity contribution in [2.45, 2.75) is 90.5 Å². The van der Waals surface area contributed by atoms with Crippen LogP contribution in [-0.4, -0.2) is 47.5 Å². The summed E-state index contributed by atoms with van der Waals surface area (Å²) in [5, 5.41) is 18.9. The van der Waals surface area contributed by atoms with Crippen molar-refractivity contribution < 1.29 is 10.2 Å². The fourth-order valence-corrected chi connectivity index (χ4v) is 8.69. The Labute approximate surface area is 166 Å². The van der Waals surface area contributed by atoms with Crippen molar-refractivity contribution in [2.75, 3.05) is 26.3 Å². The second-order valence-electron chi connectivity index (χ2n) is 10.9. The molecule has 4 rings (SSSR count). The number of aliphatic hydroxyl groups is 2. The maximum Gasteiger partial charge on any atom is 0.0558 e. The number of nitrogens with zero attached hydrogens (tertiary/aromatic N) is 1. The molecule has 0 aromatic heterocycles. The largest absolute Gasteiger partial charge is 0.396 e. The third kappa shape index (κ3) is 3.30. The van der Waals surface area contributed by atoms with Crippen LogP contribution in [0.2, 0.25) is 0 Å². The summed E-state index contributed by atoms with van der Waals surface area (Å²) in [6.45, 7) is 7.48. The molecule has 0 aromatic rings. The van der Waals surface area contributed by atoms with Crippen LogP contribution in [0.4, 0.5) is 0 Å². The standard InChI is InChI=1S/C24H43NO2/c1-23-12-4-3-6-18(23)7-8-19-20-9-10-22(24(20,2)13-11-21(19)23)25(15-17-27)14-5-16-26/h18-22,26-27H,3-17H2,1-2H3/t18-,19+,20+,21+,22+,23+,24+/m1/s1. The van der Waals surface area contributed by atoms with E-state index in [-0.39, 0.29) is 13.2 Å². The first-order valence-corrected chi connectivity index (χ1v) is 12.0. The van der Waals surface area contributed by atoms with E-state index in [0.717, 1.165) is 43.2 Å². The van der Waals surface area contributed by atoms with E-state index >= 15 is 0 Å². The van der Waals surface area contributed by atoms with Gasteiger partial charge in [-0.3, -0.25) is 4.90 Å². The Bertz CT molecular complexity index is 511. The molecule has 4 saturated carbocycles. The molecule has 0 heterocycles. The van der Waals surface area contributed by atoms with Gasteiger partial charge in [-0.15, -0.1) is 0 Å². The summed E-state index contributed by atoms with van der Waals surface area (Å²) >= 11 is 0. The zero-order valence-corrected chi connectivity index (χ0v) is 17.8. The lowest BCUT2D eigenvalue weighted by Gasteiger charge is -2.61. The van der Waals surface area contributed by atoms with Gasteiger partial charge in [0.15, 0.2) is 0 Å². The first kappa shape index (κ1) is 20.2. The third-order valence-corrected chi connectivity index (χ3v) is 9.96. The highest BCUT2D eigenvalue weighted by Gasteiger charge is 2.60. The fourth-order valence-electron chi connectivity index (χ4n) is 8.69. The normalized spacial score (nSPS) is 46.8. The quantitative estimate of drug-likeness (QED) is 0.718. The zero-order chi connectivity index (χ0) is 19.1. The Balaban J connectivity index is 1.54. The van der Waals surface area contributed by atoms with E-state index in [9.17, 15) is 10.2 Å². The van der Waals surface area contributed by atoms with Crippen LogP contribution in [0.15, 0.2) is 0 Å². The molecule has 3 nitrogen and oxygen atoms in total. The first-order valence-electron chi connectivity index (χ1n) is 12.0. The maximum absolute atomic E-state index is 9.62. The van der Waals surface area contributed by atoms with Crippen molar-refractivity contribution in [1.82, 2.24) is 4.90 Å². The molecule has 2 N–H and O–H groups in total. The minimum Gasteiger partial charge on any atom is -0.396 e. The van der Waals surface area contributed by atoms with Crippen LogP contribution in [-0.2, 0) is 0 Å². The van der Waals surface area contributed by atoms with Gasteiger partial charge in [0.05, 0.1) is 6.61 Å². The SMILES string of the molecule is C[C@]12CCCC[C@@H]1CC[C@@H]1[C@@H]2CC[C@]2(C)[C@@H](N(CCO)CCCO)CC[C@@H]12. The second-order valence-corrected chi connectivity index (χ2v) is 10.9. The van der Waals surface area contributed by atoms with E-state index in [4.69, 9.17) is 0 Å². The Kier molecular flexibility index (Phi) is 5.94. The molecule has 0 aliphatic heterocycles. The highest BCUT2D eigenvalue weighted by atomic mass is 16.3. The van der Waals surface area contributed by atoms with Gasteiger partial charge in [0.2, 0.25) is 0 Å². The molecule has 7 atom stereocenters. The molecule has 0 spiro atoms. The lowest BCUT2D eigenvalue weighted by Crippen LogP contribution is -2.55. The summed E-state index contributed by atoms with van der Waals surface area (Å²) in [7, 11) is 0. The van der Waals surface area contributed by atoms with Crippen LogP contribution < -0.4 is 0 Å². The van der Waals surface area contributed by atoms with Crippen LogP contribution in [0.25, 0.3) is 0 Å². The highest BCUT2D eigenvalue weighted by molar-refractivity contribution is 5.10. The smallest absolute Gasteiger partial charge is 0.0558 e. The van der Waals surface area contributed by atoms with Gasteiger partial charge in [0, 0.05) is 25.7 Å². The van der Waals surface area contributed by atoms with Gasteiger partial charge < -0.3 is 10.2 Å². The summed E-state index contributed by atoms with van der Waals surface area (Å²) in [6.07, 6.45) is 15.2. The van der Waals surface area contributed by atoms with E-state index in [1.807, 2.05) is 0 Å². The first-order chi connectivity index (χ1) is 13.0. The van der Waals surface area contributed by atoms with E-state index in [1.54, 1.807) is 0 Å². The Morgan fingerprint density at radius 2 is 1.59 bits per heavy atom. The number of hydrogen-bond donors (Lipinski definition) is 2. The predicted molar refractivity (Wildman–Crippen MR) is 110 cm³/mol. The molecule has 27 heavy (non-hydrogen) atoms. The minimum atomic E-state index is 0.245. The van der Waals surface area contributed by atoms with Crippen LogP contribution in [0.5, 0.6) is 0 Å². The highest BCUT2D eigenvalue weighted by Crippen LogP contribution is 2.66. The molecule has 4 aliphatic carbocycles. The number of fused-ring (bicyclic) bond motifs is 5. The molecule has 4 fully saturated rings. The van der Waals surface area contributed by atoms with E-state index in [2.05, 4.69) is 18.7 Å². The van der Waals surface area contributed by atoms with E-state index in [1.165, 1.54) is 64.2 Å². The van der Waals surface area contributed by atoms with Crippen molar-refractivity contribution >= 4 is 0 Å². The van der Waals surface area contributed by atoms with Crippen LogP contribution >= 0.6 is 0 Å². The average Bonchev–Trinajstić information content (AvgIpc) is 3.02. The van der Waals surface area contributed by atoms with Gasteiger partial charge in [-0.25, -0.2) is 0 Å². The molecule has 4 aliphatic rings. The Morgan fingerprint density at radius 3 is 2.37 bits per heavy atom. The summed E-state index contributed by atoms with van der Waals surface area (Å²) in [4.78, 5) is 2.53. The average molecular weight is 378 g/mol. The molecule has 0 aromatic carbocycles. The van der Waals surface area contributed by atoms with Crippen molar-refractivity contribution in [3.8, 4) is 0 Å². The van der Waals surface area contributed by atoms with E-state index < -0.39 is 0 Å². The second kappa shape index (κ2) is 7.95.